The van der Waals surface area contributed by atoms with Crippen molar-refractivity contribution >= 4 is 5.91 Å². The van der Waals surface area contributed by atoms with Crippen molar-refractivity contribution in [2.45, 2.75) is 13.8 Å². The molecule has 0 spiro atoms. The second-order valence-corrected chi connectivity index (χ2v) is 6.44. The van der Waals surface area contributed by atoms with Crippen LogP contribution in [0.3, 0.4) is 0 Å². The quantitative estimate of drug-likeness (QED) is 0.860. The molecule has 1 aromatic carbocycles. The third-order valence-electron chi connectivity index (χ3n) is 4.18. The van der Waals surface area contributed by atoms with Crippen LogP contribution in [0, 0.1) is 12.8 Å². The van der Waals surface area contributed by atoms with Gasteiger partial charge in [-0.25, -0.2) is 0 Å². The second-order valence-electron chi connectivity index (χ2n) is 6.44. The Hall–Kier alpha value is -2.25. The fraction of sp³-hybridized carbons (Fsp3) is 0.500. The van der Waals surface area contributed by atoms with E-state index >= 15 is 0 Å². The summed E-state index contributed by atoms with van der Waals surface area (Å²) in [5.74, 6) is 1.21. The highest BCUT2D eigenvalue weighted by atomic mass is 16.5. The van der Waals surface area contributed by atoms with E-state index in [9.17, 15) is 4.79 Å². The Kier molecular flexibility index (Phi) is 5.78. The largest absolute Gasteiger partial charge is 0.421 e. The van der Waals surface area contributed by atoms with E-state index in [4.69, 9.17) is 9.15 Å². The monoisotopic (exact) mass is 344 g/mol. The van der Waals surface area contributed by atoms with Crippen LogP contribution in [0.4, 0.5) is 0 Å². The van der Waals surface area contributed by atoms with Gasteiger partial charge in [0.1, 0.15) is 0 Å². The second kappa shape index (κ2) is 8.22. The van der Waals surface area contributed by atoms with Crippen molar-refractivity contribution < 1.29 is 13.9 Å². The van der Waals surface area contributed by atoms with Crippen LogP contribution in [0.15, 0.2) is 28.7 Å². The summed E-state index contributed by atoms with van der Waals surface area (Å²) in [6.07, 6.45) is 0. The van der Waals surface area contributed by atoms with E-state index in [0.717, 1.165) is 38.4 Å². The van der Waals surface area contributed by atoms with Crippen molar-refractivity contribution in [3.05, 3.63) is 35.7 Å². The molecule has 1 amide bonds. The molecule has 1 fully saturated rings. The predicted molar refractivity (Wildman–Crippen MR) is 93.2 cm³/mol. The zero-order valence-corrected chi connectivity index (χ0v) is 14.7. The van der Waals surface area contributed by atoms with Gasteiger partial charge in [-0.3, -0.25) is 9.69 Å². The van der Waals surface area contributed by atoms with Gasteiger partial charge in [-0.15, -0.1) is 10.2 Å². The number of rotatable bonds is 6. The highest BCUT2D eigenvalue weighted by Gasteiger charge is 2.15. The topological polar surface area (TPSA) is 80.5 Å². The lowest BCUT2D eigenvalue weighted by Gasteiger charge is -2.29. The third kappa shape index (κ3) is 4.87. The summed E-state index contributed by atoms with van der Waals surface area (Å²) in [7, 11) is 0. The van der Waals surface area contributed by atoms with Crippen LogP contribution < -0.4 is 5.32 Å². The summed E-state index contributed by atoms with van der Waals surface area (Å²) in [4.78, 5) is 14.8. The lowest BCUT2D eigenvalue weighted by molar-refractivity contribution is 0.0317. The van der Waals surface area contributed by atoms with Crippen molar-refractivity contribution in [2.75, 3.05) is 39.4 Å². The molecule has 2 heterocycles. The van der Waals surface area contributed by atoms with E-state index in [2.05, 4.69) is 27.3 Å². The van der Waals surface area contributed by atoms with Crippen molar-refractivity contribution in [1.82, 2.24) is 20.4 Å². The summed E-state index contributed by atoms with van der Waals surface area (Å²) in [6, 6.07) is 7.23. The average molecular weight is 344 g/mol. The maximum absolute atomic E-state index is 12.4. The molecular formula is C18H24N4O3. The van der Waals surface area contributed by atoms with Crippen molar-refractivity contribution in [2.24, 2.45) is 5.92 Å². The summed E-state index contributed by atoms with van der Waals surface area (Å²) in [6.45, 7) is 9.00. The fourth-order valence-electron chi connectivity index (χ4n) is 2.86. The molecule has 1 atom stereocenters. The van der Waals surface area contributed by atoms with E-state index in [1.54, 1.807) is 19.1 Å². The van der Waals surface area contributed by atoms with Crippen molar-refractivity contribution in [3.8, 4) is 11.5 Å². The van der Waals surface area contributed by atoms with E-state index in [1.165, 1.54) is 0 Å². The Bertz CT molecular complexity index is 710. The Morgan fingerprint density at radius 1 is 1.32 bits per heavy atom. The van der Waals surface area contributed by atoms with Crippen LogP contribution in [0.25, 0.3) is 11.5 Å². The number of amides is 1. The van der Waals surface area contributed by atoms with Crippen LogP contribution in [0.1, 0.15) is 23.2 Å². The van der Waals surface area contributed by atoms with Crippen LogP contribution >= 0.6 is 0 Å². The number of aryl methyl sites for hydroxylation is 1. The number of nitrogens with zero attached hydrogens (tertiary/aromatic N) is 3. The van der Waals surface area contributed by atoms with Crippen LogP contribution in [0.2, 0.25) is 0 Å². The molecule has 1 aliphatic heterocycles. The number of hydrogen-bond acceptors (Lipinski definition) is 6. The van der Waals surface area contributed by atoms with Gasteiger partial charge in [-0.1, -0.05) is 13.0 Å². The molecule has 134 valence electrons. The molecule has 0 saturated carbocycles. The molecule has 3 rings (SSSR count). The molecule has 0 bridgehead atoms. The van der Waals surface area contributed by atoms with Gasteiger partial charge >= 0.3 is 0 Å². The van der Waals surface area contributed by atoms with Gasteiger partial charge in [0.25, 0.3) is 5.91 Å². The summed E-state index contributed by atoms with van der Waals surface area (Å²) in [5.41, 5.74) is 1.33. The molecule has 0 radical (unpaired) electrons. The molecule has 0 aliphatic carbocycles. The molecule has 1 saturated heterocycles. The number of morpholine rings is 1. The van der Waals surface area contributed by atoms with E-state index < -0.39 is 0 Å². The van der Waals surface area contributed by atoms with Crippen molar-refractivity contribution in [3.63, 3.8) is 0 Å². The van der Waals surface area contributed by atoms with Gasteiger partial charge in [0.05, 0.1) is 13.2 Å². The molecular weight excluding hydrogens is 320 g/mol. The molecule has 2 aromatic rings. The zero-order chi connectivity index (χ0) is 17.6. The van der Waals surface area contributed by atoms with Crippen LogP contribution in [0.5, 0.6) is 0 Å². The lowest BCUT2D eigenvalue weighted by Crippen LogP contribution is -2.41. The van der Waals surface area contributed by atoms with Crippen molar-refractivity contribution in [1.29, 1.82) is 0 Å². The van der Waals surface area contributed by atoms with Gasteiger partial charge in [0, 0.05) is 44.2 Å². The number of carbonyl (C=O) groups excluding carboxylic acids is 1. The molecule has 1 aromatic heterocycles. The van der Waals surface area contributed by atoms with Gasteiger partial charge in [-0.2, -0.15) is 0 Å². The number of nitrogens with one attached hydrogen (secondary N) is 1. The highest BCUT2D eigenvalue weighted by Crippen LogP contribution is 2.18. The highest BCUT2D eigenvalue weighted by molar-refractivity contribution is 5.95. The summed E-state index contributed by atoms with van der Waals surface area (Å²) in [5, 5.41) is 10.8. The SMILES string of the molecule is Cc1nnc(-c2cccc(C(=O)NCC(C)CN3CCOCC3)c2)o1. The summed E-state index contributed by atoms with van der Waals surface area (Å²) < 4.78 is 10.8. The molecule has 7 heteroatoms. The molecule has 7 nitrogen and oxygen atoms in total. The fourth-order valence-corrected chi connectivity index (χ4v) is 2.86. The smallest absolute Gasteiger partial charge is 0.251 e. The number of ether oxygens (including phenoxy) is 1. The third-order valence-corrected chi connectivity index (χ3v) is 4.18. The minimum Gasteiger partial charge on any atom is -0.421 e. The number of benzene rings is 1. The number of aromatic nitrogens is 2. The van der Waals surface area contributed by atoms with E-state index in [1.807, 2.05) is 12.1 Å². The Morgan fingerprint density at radius 2 is 2.12 bits per heavy atom. The lowest BCUT2D eigenvalue weighted by atomic mass is 10.1. The first-order valence-electron chi connectivity index (χ1n) is 8.60. The molecule has 25 heavy (non-hydrogen) atoms. The minimum absolute atomic E-state index is 0.0908. The van der Waals surface area contributed by atoms with Crippen LogP contribution in [-0.2, 0) is 4.74 Å². The number of hydrogen-bond donors (Lipinski definition) is 1. The first-order chi connectivity index (χ1) is 12.1. The van der Waals surface area contributed by atoms with Gasteiger partial charge in [-0.05, 0) is 24.1 Å². The predicted octanol–water partition coefficient (Wildman–Crippen LogP) is 1.74. The average Bonchev–Trinajstić information content (AvgIpc) is 3.07. The normalized spacial score (nSPS) is 16.6. The van der Waals surface area contributed by atoms with E-state index in [-0.39, 0.29) is 5.91 Å². The standard InChI is InChI=1S/C18H24N4O3/c1-13(12-22-6-8-24-9-7-22)11-19-17(23)15-4-3-5-16(10-15)18-21-20-14(2)25-18/h3-5,10,13H,6-9,11-12H2,1-2H3,(H,19,23). The Morgan fingerprint density at radius 3 is 2.84 bits per heavy atom. The number of carbonyl (C=O) groups is 1. The van der Waals surface area contributed by atoms with Gasteiger partial charge in [0.2, 0.25) is 11.8 Å². The van der Waals surface area contributed by atoms with E-state index in [0.29, 0.717) is 29.8 Å². The van der Waals surface area contributed by atoms with Crippen LogP contribution in [-0.4, -0.2) is 60.4 Å². The maximum atomic E-state index is 12.4. The maximum Gasteiger partial charge on any atom is 0.251 e. The zero-order valence-electron chi connectivity index (χ0n) is 14.7. The Labute approximate surface area is 147 Å². The summed E-state index contributed by atoms with van der Waals surface area (Å²) >= 11 is 0. The van der Waals surface area contributed by atoms with Gasteiger partial charge in [0.15, 0.2) is 0 Å². The van der Waals surface area contributed by atoms with Gasteiger partial charge < -0.3 is 14.5 Å². The first-order valence-corrected chi connectivity index (χ1v) is 8.60. The molecule has 1 N–H and O–H groups in total. The minimum atomic E-state index is -0.0908. The molecule has 1 aliphatic rings. The first kappa shape index (κ1) is 17.6. The molecule has 1 unspecified atom stereocenters. The Balaban J connectivity index is 1.54.